The molecule has 1 aliphatic carbocycles. The minimum Gasteiger partial charge on any atom is -0.330 e. The van der Waals surface area contributed by atoms with Crippen LogP contribution in [0.15, 0.2) is 0 Å². The van der Waals surface area contributed by atoms with Crippen LogP contribution in [0.3, 0.4) is 0 Å². The minimum atomic E-state index is 0.833. The Kier molecular flexibility index (Phi) is 2.73. The Hall–Kier alpha value is -0.0800. The maximum absolute atomic E-state index is 5.84. The highest BCUT2D eigenvalue weighted by Gasteiger charge is 2.43. The smallest absolute Gasteiger partial charge is 0.0105 e. The molecule has 2 aliphatic heterocycles. The molecule has 3 fully saturated rings. The van der Waals surface area contributed by atoms with Crippen molar-refractivity contribution in [2.75, 3.05) is 6.54 Å². The van der Waals surface area contributed by atoms with Gasteiger partial charge in [0.25, 0.3) is 0 Å². The number of piperidine rings is 1. The fraction of sp³-hybridized carbons (Fsp3) is 1.00. The van der Waals surface area contributed by atoms with Crippen LogP contribution in [0.1, 0.15) is 51.4 Å². The molecule has 0 spiro atoms. The summed E-state index contributed by atoms with van der Waals surface area (Å²) in [6.07, 6.45) is 11.6. The van der Waals surface area contributed by atoms with Crippen molar-refractivity contribution in [1.82, 2.24) is 4.90 Å². The van der Waals surface area contributed by atoms with Crippen molar-refractivity contribution >= 4 is 0 Å². The van der Waals surface area contributed by atoms with Crippen LogP contribution in [0.2, 0.25) is 0 Å². The first-order valence-corrected chi connectivity index (χ1v) is 6.86. The van der Waals surface area contributed by atoms with Crippen molar-refractivity contribution in [3.63, 3.8) is 0 Å². The van der Waals surface area contributed by atoms with Crippen molar-refractivity contribution in [1.29, 1.82) is 0 Å². The van der Waals surface area contributed by atoms with Crippen molar-refractivity contribution in [3.05, 3.63) is 0 Å². The van der Waals surface area contributed by atoms with Crippen LogP contribution in [0.4, 0.5) is 0 Å². The topological polar surface area (TPSA) is 29.3 Å². The van der Waals surface area contributed by atoms with Crippen LogP contribution in [-0.2, 0) is 0 Å². The molecule has 0 radical (unpaired) electrons. The normalized spacial score (nSPS) is 42.6. The number of hydrogen-bond donors (Lipinski definition) is 1. The second kappa shape index (κ2) is 4.06. The Morgan fingerprint density at radius 2 is 1.47 bits per heavy atom. The molecule has 2 bridgehead atoms. The van der Waals surface area contributed by atoms with Gasteiger partial charge in [0, 0.05) is 18.1 Å². The van der Waals surface area contributed by atoms with Gasteiger partial charge in [-0.2, -0.15) is 0 Å². The van der Waals surface area contributed by atoms with E-state index >= 15 is 0 Å². The van der Waals surface area contributed by atoms with Crippen molar-refractivity contribution in [2.45, 2.75) is 69.5 Å². The summed E-state index contributed by atoms with van der Waals surface area (Å²) in [6, 6.07) is 2.75. The van der Waals surface area contributed by atoms with Gasteiger partial charge in [-0.15, -0.1) is 0 Å². The zero-order valence-electron chi connectivity index (χ0n) is 9.70. The molecule has 3 rings (SSSR count). The fourth-order valence-electron chi connectivity index (χ4n) is 4.32. The molecule has 0 amide bonds. The first-order chi connectivity index (χ1) is 7.38. The zero-order chi connectivity index (χ0) is 10.3. The molecule has 2 atom stereocenters. The standard InChI is InChI=1S/C13H24N2/c14-9-10-7-12-5-6-13(8-10)15(12)11-3-1-2-4-11/h10-13H,1-9,14H2. The van der Waals surface area contributed by atoms with E-state index in [2.05, 4.69) is 4.90 Å². The average molecular weight is 208 g/mol. The number of nitrogens with two attached hydrogens (primary N) is 1. The summed E-state index contributed by atoms with van der Waals surface area (Å²) in [4.78, 5) is 2.90. The monoisotopic (exact) mass is 208 g/mol. The Balaban J connectivity index is 1.70. The minimum absolute atomic E-state index is 0.833. The van der Waals surface area contributed by atoms with Crippen molar-refractivity contribution < 1.29 is 0 Å². The SMILES string of the molecule is NCC1CC2CCC(C1)N2C1CCCC1. The lowest BCUT2D eigenvalue weighted by molar-refractivity contribution is 0.0636. The van der Waals surface area contributed by atoms with Gasteiger partial charge in [-0.3, -0.25) is 4.90 Å². The Labute approximate surface area is 93.2 Å². The van der Waals surface area contributed by atoms with E-state index in [4.69, 9.17) is 5.73 Å². The van der Waals surface area contributed by atoms with Gasteiger partial charge >= 0.3 is 0 Å². The second-order valence-corrected chi connectivity index (χ2v) is 5.84. The van der Waals surface area contributed by atoms with Gasteiger partial charge in [-0.1, -0.05) is 12.8 Å². The van der Waals surface area contributed by atoms with Crippen LogP contribution >= 0.6 is 0 Å². The van der Waals surface area contributed by atoms with E-state index in [1.165, 1.54) is 51.4 Å². The molecule has 0 aromatic rings. The maximum atomic E-state index is 5.84. The summed E-state index contributed by atoms with van der Waals surface area (Å²) in [7, 11) is 0. The number of hydrogen-bond acceptors (Lipinski definition) is 2. The van der Waals surface area contributed by atoms with E-state index in [0.717, 1.165) is 30.6 Å². The molecule has 2 unspecified atom stereocenters. The first-order valence-electron chi connectivity index (χ1n) is 6.86. The van der Waals surface area contributed by atoms with E-state index in [9.17, 15) is 0 Å². The fourth-order valence-corrected chi connectivity index (χ4v) is 4.32. The lowest BCUT2D eigenvalue weighted by Crippen LogP contribution is -2.48. The molecule has 2 saturated heterocycles. The predicted molar refractivity (Wildman–Crippen MR) is 62.7 cm³/mol. The van der Waals surface area contributed by atoms with Gasteiger partial charge in [0.1, 0.15) is 0 Å². The summed E-state index contributed by atoms with van der Waals surface area (Å²) < 4.78 is 0. The van der Waals surface area contributed by atoms with Crippen LogP contribution in [0.25, 0.3) is 0 Å². The summed E-state index contributed by atoms with van der Waals surface area (Å²) in [5.41, 5.74) is 5.84. The van der Waals surface area contributed by atoms with E-state index < -0.39 is 0 Å². The molecule has 2 heterocycles. The molecule has 15 heavy (non-hydrogen) atoms. The highest BCUT2D eigenvalue weighted by molar-refractivity contribution is 4.99. The van der Waals surface area contributed by atoms with E-state index in [1.54, 1.807) is 0 Å². The van der Waals surface area contributed by atoms with Gasteiger partial charge in [-0.05, 0) is 51.0 Å². The third-order valence-corrected chi connectivity index (χ3v) is 4.97. The van der Waals surface area contributed by atoms with Crippen molar-refractivity contribution in [2.24, 2.45) is 11.7 Å². The maximum Gasteiger partial charge on any atom is 0.0105 e. The molecule has 2 heteroatoms. The molecule has 86 valence electrons. The zero-order valence-corrected chi connectivity index (χ0v) is 9.70. The summed E-state index contributed by atoms with van der Waals surface area (Å²) in [6.45, 7) is 0.922. The summed E-state index contributed by atoms with van der Waals surface area (Å²) in [5.74, 6) is 0.833. The molecule has 2 nitrogen and oxygen atoms in total. The highest BCUT2D eigenvalue weighted by atomic mass is 15.2. The molecular weight excluding hydrogens is 184 g/mol. The second-order valence-electron chi connectivity index (χ2n) is 5.84. The Morgan fingerprint density at radius 3 is 2.00 bits per heavy atom. The summed E-state index contributed by atoms with van der Waals surface area (Å²) >= 11 is 0. The average Bonchev–Trinajstić information content (AvgIpc) is 2.84. The van der Waals surface area contributed by atoms with E-state index in [0.29, 0.717) is 0 Å². The van der Waals surface area contributed by atoms with Gasteiger partial charge in [0.15, 0.2) is 0 Å². The van der Waals surface area contributed by atoms with Gasteiger partial charge in [0.05, 0.1) is 0 Å². The predicted octanol–water partition coefficient (Wildman–Crippen LogP) is 2.13. The van der Waals surface area contributed by atoms with Gasteiger partial charge < -0.3 is 5.73 Å². The first kappa shape index (κ1) is 10.1. The van der Waals surface area contributed by atoms with Crippen LogP contribution in [0.5, 0.6) is 0 Å². The van der Waals surface area contributed by atoms with Crippen LogP contribution < -0.4 is 5.73 Å². The molecule has 3 aliphatic rings. The van der Waals surface area contributed by atoms with Crippen LogP contribution in [-0.4, -0.2) is 29.6 Å². The molecular formula is C13H24N2. The lowest BCUT2D eigenvalue weighted by atomic mass is 9.89. The van der Waals surface area contributed by atoms with E-state index in [1.807, 2.05) is 0 Å². The molecule has 0 aromatic carbocycles. The Bertz CT molecular complexity index is 209. The highest BCUT2D eigenvalue weighted by Crippen LogP contribution is 2.42. The Morgan fingerprint density at radius 1 is 0.867 bits per heavy atom. The van der Waals surface area contributed by atoms with Crippen LogP contribution in [0, 0.1) is 5.92 Å². The lowest BCUT2D eigenvalue weighted by Gasteiger charge is -2.42. The number of rotatable bonds is 2. The van der Waals surface area contributed by atoms with Crippen molar-refractivity contribution in [3.8, 4) is 0 Å². The summed E-state index contributed by atoms with van der Waals surface area (Å²) in [5, 5.41) is 0. The molecule has 1 saturated carbocycles. The number of nitrogens with zero attached hydrogens (tertiary/aromatic N) is 1. The van der Waals surface area contributed by atoms with Gasteiger partial charge in [0.2, 0.25) is 0 Å². The molecule has 2 N–H and O–H groups in total. The number of fused-ring (bicyclic) bond motifs is 2. The van der Waals surface area contributed by atoms with Gasteiger partial charge in [-0.25, -0.2) is 0 Å². The third-order valence-electron chi connectivity index (χ3n) is 4.97. The largest absolute Gasteiger partial charge is 0.330 e. The molecule has 0 aromatic heterocycles. The quantitative estimate of drug-likeness (QED) is 0.753. The van der Waals surface area contributed by atoms with E-state index in [-0.39, 0.29) is 0 Å². The third kappa shape index (κ3) is 1.72.